The van der Waals surface area contributed by atoms with Crippen molar-refractivity contribution in [1.82, 2.24) is 5.32 Å². The number of ether oxygens (including phenoxy) is 1. The molecule has 0 aliphatic carbocycles. The summed E-state index contributed by atoms with van der Waals surface area (Å²) >= 11 is 3.22. The third-order valence-electron chi connectivity index (χ3n) is 3.91. The number of benzene rings is 1. The van der Waals surface area contributed by atoms with Crippen molar-refractivity contribution in [2.75, 3.05) is 26.2 Å². The summed E-state index contributed by atoms with van der Waals surface area (Å²) in [6.45, 7) is 5.59. The molecule has 0 bridgehead atoms. The molecule has 122 valence electrons. The highest BCUT2D eigenvalue weighted by atomic mass is 79.9. The van der Waals surface area contributed by atoms with Gasteiger partial charge in [-0.25, -0.2) is 4.39 Å². The van der Waals surface area contributed by atoms with E-state index in [0.29, 0.717) is 10.2 Å². The molecule has 2 rings (SSSR count). The first-order chi connectivity index (χ1) is 10.6. The van der Waals surface area contributed by atoms with Gasteiger partial charge in [0.05, 0.1) is 24.1 Å². The topological polar surface area (TPSA) is 42.8 Å². The number of carbonyl (C=O) groups excluding carboxylic acids is 1. The molecule has 0 radical (unpaired) electrons. The standard InChI is InChI=1S/C16H22BrFN2O2/c1-2-7-20-8-5-13(6-9-20)19-16(21)11-22-15-4-3-12(18)10-14(15)17/h3-4,10,13H,2,5-9,11H2,1H3,(H,19,21)/p+1. The van der Waals surface area contributed by atoms with Crippen molar-refractivity contribution in [1.29, 1.82) is 0 Å². The molecule has 1 saturated heterocycles. The molecule has 1 aromatic rings. The van der Waals surface area contributed by atoms with Gasteiger partial charge in [0, 0.05) is 18.9 Å². The quantitative estimate of drug-likeness (QED) is 0.794. The Bertz CT molecular complexity index is 505. The van der Waals surface area contributed by atoms with Crippen LogP contribution in [-0.4, -0.2) is 38.2 Å². The molecule has 0 atom stereocenters. The molecule has 1 aliphatic rings. The van der Waals surface area contributed by atoms with Gasteiger partial charge in [-0.1, -0.05) is 6.92 Å². The van der Waals surface area contributed by atoms with Gasteiger partial charge in [0.25, 0.3) is 5.91 Å². The van der Waals surface area contributed by atoms with Crippen LogP contribution in [0.15, 0.2) is 22.7 Å². The zero-order valence-corrected chi connectivity index (χ0v) is 14.4. The molecule has 4 nitrogen and oxygen atoms in total. The van der Waals surface area contributed by atoms with Gasteiger partial charge >= 0.3 is 0 Å². The lowest BCUT2D eigenvalue weighted by atomic mass is 10.0. The number of hydrogen-bond acceptors (Lipinski definition) is 2. The van der Waals surface area contributed by atoms with Crippen LogP contribution in [0.5, 0.6) is 5.75 Å². The Balaban J connectivity index is 1.72. The summed E-state index contributed by atoms with van der Waals surface area (Å²) in [6, 6.07) is 4.39. The van der Waals surface area contributed by atoms with Gasteiger partial charge in [-0.3, -0.25) is 4.79 Å². The largest absolute Gasteiger partial charge is 0.483 e. The fraction of sp³-hybridized carbons (Fsp3) is 0.562. The molecule has 0 spiro atoms. The number of carbonyl (C=O) groups is 1. The second-order valence-electron chi connectivity index (χ2n) is 5.71. The predicted octanol–water partition coefficient (Wildman–Crippen LogP) is 1.54. The lowest BCUT2D eigenvalue weighted by Gasteiger charge is -2.29. The summed E-state index contributed by atoms with van der Waals surface area (Å²) in [5.41, 5.74) is 0. The number of nitrogens with one attached hydrogen (secondary N) is 2. The monoisotopic (exact) mass is 373 g/mol. The van der Waals surface area contributed by atoms with Crippen LogP contribution in [0.25, 0.3) is 0 Å². The molecule has 1 aliphatic heterocycles. The smallest absolute Gasteiger partial charge is 0.258 e. The van der Waals surface area contributed by atoms with E-state index >= 15 is 0 Å². The Labute approximate surface area is 139 Å². The van der Waals surface area contributed by atoms with E-state index in [1.54, 1.807) is 4.90 Å². The second-order valence-corrected chi connectivity index (χ2v) is 6.56. The van der Waals surface area contributed by atoms with E-state index in [2.05, 4.69) is 28.2 Å². The molecule has 0 aromatic heterocycles. The highest BCUT2D eigenvalue weighted by molar-refractivity contribution is 9.10. The van der Waals surface area contributed by atoms with Crippen molar-refractivity contribution in [2.45, 2.75) is 32.2 Å². The van der Waals surface area contributed by atoms with Crippen molar-refractivity contribution < 1.29 is 18.8 Å². The Kier molecular flexibility index (Phi) is 6.64. The summed E-state index contributed by atoms with van der Waals surface area (Å²) < 4.78 is 18.9. The first kappa shape index (κ1) is 17.2. The zero-order chi connectivity index (χ0) is 15.9. The molecule has 1 fully saturated rings. The minimum Gasteiger partial charge on any atom is -0.483 e. The van der Waals surface area contributed by atoms with E-state index < -0.39 is 0 Å². The van der Waals surface area contributed by atoms with Crippen molar-refractivity contribution in [2.24, 2.45) is 0 Å². The molecule has 6 heteroatoms. The Hall–Kier alpha value is -1.14. The lowest BCUT2D eigenvalue weighted by molar-refractivity contribution is -0.905. The minimum atomic E-state index is -0.343. The molecule has 2 N–H and O–H groups in total. The van der Waals surface area contributed by atoms with E-state index in [-0.39, 0.29) is 24.4 Å². The molecule has 22 heavy (non-hydrogen) atoms. The van der Waals surface area contributed by atoms with E-state index in [9.17, 15) is 9.18 Å². The van der Waals surface area contributed by atoms with Crippen molar-refractivity contribution >= 4 is 21.8 Å². The highest BCUT2D eigenvalue weighted by Gasteiger charge is 2.22. The number of quaternary nitrogens is 1. The second kappa shape index (κ2) is 8.48. The molecule has 1 amide bonds. The Morgan fingerprint density at radius 2 is 2.18 bits per heavy atom. The van der Waals surface area contributed by atoms with Crippen LogP contribution in [0.2, 0.25) is 0 Å². The third kappa shape index (κ3) is 5.25. The SMILES string of the molecule is CCC[NH+]1CCC(NC(=O)COc2ccc(F)cc2Br)CC1. The highest BCUT2D eigenvalue weighted by Crippen LogP contribution is 2.25. The van der Waals surface area contributed by atoms with Crippen molar-refractivity contribution in [3.8, 4) is 5.75 Å². The van der Waals surface area contributed by atoms with E-state index in [4.69, 9.17) is 4.74 Å². The summed E-state index contributed by atoms with van der Waals surface area (Å²) in [4.78, 5) is 13.6. The predicted molar refractivity (Wildman–Crippen MR) is 86.6 cm³/mol. The van der Waals surface area contributed by atoms with Gasteiger partial charge < -0.3 is 15.0 Å². The molecule has 0 unspecified atom stereocenters. The average Bonchev–Trinajstić information content (AvgIpc) is 2.49. The van der Waals surface area contributed by atoms with E-state index in [0.717, 1.165) is 25.9 Å². The van der Waals surface area contributed by atoms with Gasteiger partial charge in [-0.05, 0) is 40.5 Å². The van der Waals surface area contributed by atoms with Gasteiger partial charge in [0.2, 0.25) is 0 Å². The first-order valence-corrected chi connectivity index (χ1v) is 8.58. The van der Waals surface area contributed by atoms with Crippen LogP contribution < -0.4 is 15.0 Å². The average molecular weight is 374 g/mol. The summed E-state index contributed by atoms with van der Waals surface area (Å²) in [7, 11) is 0. The summed E-state index contributed by atoms with van der Waals surface area (Å²) in [6.07, 6.45) is 3.23. The number of amides is 1. The number of likely N-dealkylation sites (tertiary alicyclic amines) is 1. The van der Waals surface area contributed by atoms with Crippen LogP contribution in [0.1, 0.15) is 26.2 Å². The molecule has 1 aromatic carbocycles. The van der Waals surface area contributed by atoms with Gasteiger partial charge in [0.15, 0.2) is 6.61 Å². The molecule has 0 saturated carbocycles. The van der Waals surface area contributed by atoms with Crippen LogP contribution in [0.3, 0.4) is 0 Å². The normalized spacial score (nSPS) is 21.4. The van der Waals surface area contributed by atoms with E-state index in [1.165, 1.54) is 31.2 Å². The first-order valence-electron chi connectivity index (χ1n) is 7.79. The van der Waals surface area contributed by atoms with Crippen LogP contribution in [-0.2, 0) is 4.79 Å². The number of rotatable bonds is 6. The number of piperidine rings is 1. The maximum Gasteiger partial charge on any atom is 0.258 e. The number of hydrogen-bond donors (Lipinski definition) is 2. The molecular formula is C16H23BrFN2O2+. The van der Waals surface area contributed by atoms with Gasteiger partial charge in [-0.2, -0.15) is 0 Å². The molecular weight excluding hydrogens is 351 g/mol. The molecule has 1 heterocycles. The third-order valence-corrected chi connectivity index (χ3v) is 4.53. The zero-order valence-electron chi connectivity index (χ0n) is 12.8. The maximum atomic E-state index is 13.0. The maximum absolute atomic E-state index is 13.0. The van der Waals surface area contributed by atoms with E-state index in [1.807, 2.05) is 0 Å². The summed E-state index contributed by atoms with van der Waals surface area (Å²) in [5.74, 6) is 0.00365. The number of halogens is 2. The Morgan fingerprint density at radius 3 is 2.82 bits per heavy atom. The minimum absolute atomic E-state index is 0.0493. The van der Waals surface area contributed by atoms with Crippen molar-refractivity contribution in [3.05, 3.63) is 28.5 Å². The van der Waals surface area contributed by atoms with Gasteiger partial charge in [0.1, 0.15) is 11.6 Å². The van der Waals surface area contributed by atoms with Crippen LogP contribution in [0.4, 0.5) is 4.39 Å². The lowest BCUT2D eigenvalue weighted by Crippen LogP contribution is -3.13. The van der Waals surface area contributed by atoms with Gasteiger partial charge in [-0.15, -0.1) is 0 Å². The van der Waals surface area contributed by atoms with Crippen molar-refractivity contribution in [3.63, 3.8) is 0 Å². The van der Waals surface area contributed by atoms with Crippen LogP contribution >= 0.6 is 15.9 Å². The fourth-order valence-electron chi connectivity index (χ4n) is 2.78. The van der Waals surface area contributed by atoms with Crippen LogP contribution in [0, 0.1) is 5.82 Å². The summed E-state index contributed by atoms with van der Waals surface area (Å²) in [5, 5.41) is 3.02. The Morgan fingerprint density at radius 1 is 1.45 bits per heavy atom. The fourth-order valence-corrected chi connectivity index (χ4v) is 3.24.